The fourth-order valence-corrected chi connectivity index (χ4v) is 4.15. The van der Waals surface area contributed by atoms with Gasteiger partial charge in [0.15, 0.2) is 17.8 Å². The first-order valence-electron chi connectivity index (χ1n) is 13.4. The molecule has 42 heavy (non-hydrogen) atoms. The number of phenols is 1. The molecule has 0 unspecified atom stereocenters. The van der Waals surface area contributed by atoms with Crippen molar-refractivity contribution >= 4 is 16.9 Å². The van der Waals surface area contributed by atoms with Crippen molar-refractivity contribution in [1.82, 2.24) is 0 Å². The fourth-order valence-electron chi connectivity index (χ4n) is 4.15. The molecule has 2 aliphatic rings. The van der Waals surface area contributed by atoms with Gasteiger partial charge in [0, 0.05) is 37.1 Å². The predicted octanol–water partition coefficient (Wildman–Crippen LogP) is 5.76. The van der Waals surface area contributed by atoms with Gasteiger partial charge in [-0.05, 0) is 49.6 Å². The van der Waals surface area contributed by atoms with Crippen LogP contribution in [0.25, 0.3) is 22.3 Å². The molecule has 5 rings (SSSR count). The summed E-state index contributed by atoms with van der Waals surface area (Å²) in [5, 5.41) is 11.0. The van der Waals surface area contributed by atoms with Gasteiger partial charge in [-0.2, -0.15) is 0 Å². The molecular formula is C32H34O10. The highest BCUT2D eigenvalue weighted by molar-refractivity contribution is 5.88. The van der Waals surface area contributed by atoms with Crippen LogP contribution in [0, 0.1) is 0 Å². The second-order valence-electron chi connectivity index (χ2n) is 9.81. The standard InChI is InChI=1S/C25H24O7.C7H10O3/c1-5-6-18-21(29-13-17-14-30-25(2,3)32-17)12-22-23(24(18)27)19(26)11-20(31-22)15-7-9-16(28-4)10-8-15;8-7-6-9-4-2-1-3-5-10-7/h5,7-12,14,27H,1,6,13H2,2-4H3;2,4H,1,3,5-6H2. The highest BCUT2D eigenvalue weighted by Gasteiger charge is 2.28. The quantitative estimate of drug-likeness (QED) is 0.273. The van der Waals surface area contributed by atoms with E-state index in [1.54, 1.807) is 63.6 Å². The minimum Gasteiger partial charge on any atom is -0.507 e. The molecule has 0 aliphatic carbocycles. The normalized spacial score (nSPS) is 15.7. The Kier molecular flexibility index (Phi) is 9.80. The second-order valence-corrected chi connectivity index (χ2v) is 9.81. The molecule has 0 saturated heterocycles. The first kappa shape index (κ1) is 30.1. The number of hydrogen-bond donors (Lipinski definition) is 1. The molecule has 0 fully saturated rings. The Bertz CT molecular complexity index is 1530. The number of hydrogen-bond acceptors (Lipinski definition) is 10. The van der Waals surface area contributed by atoms with Gasteiger partial charge in [-0.1, -0.05) is 6.08 Å². The molecule has 0 atom stereocenters. The number of carbonyl (C=O) groups excluding carboxylic acids is 1. The number of carbonyl (C=O) groups is 1. The highest BCUT2D eigenvalue weighted by atomic mass is 16.7. The number of phenolic OH excluding ortho intramolecular Hbond substituents is 1. The van der Waals surface area contributed by atoms with Crippen molar-refractivity contribution < 1.29 is 42.7 Å². The van der Waals surface area contributed by atoms with Crippen LogP contribution in [0.1, 0.15) is 32.3 Å². The maximum atomic E-state index is 12.9. The van der Waals surface area contributed by atoms with Gasteiger partial charge in [0.2, 0.25) is 5.79 Å². The number of rotatable bonds is 7. The van der Waals surface area contributed by atoms with Gasteiger partial charge in [0.05, 0.1) is 20.0 Å². The SMILES string of the molecule is C=CCc1c(OCC2=COC(C)(C)O2)cc2oc(-c3ccc(OC)cc3)cc(=O)c2c1O.O=C1COC=CCCCO1. The van der Waals surface area contributed by atoms with Gasteiger partial charge in [-0.15, -0.1) is 6.58 Å². The molecule has 0 radical (unpaired) electrons. The van der Waals surface area contributed by atoms with E-state index in [1.807, 2.05) is 6.08 Å². The Morgan fingerprint density at radius 2 is 1.93 bits per heavy atom. The largest absolute Gasteiger partial charge is 0.507 e. The van der Waals surface area contributed by atoms with Crippen LogP contribution >= 0.6 is 0 Å². The number of allylic oxidation sites excluding steroid dienone is 2. The van der Waals surface area contributed by atoms with E-state index >= 15 is 0 Å². The summed E-state index contributed by atoms with van der Waals surface area (Å²) in [6.07, 6.45) is 8.65. The molecule has 0 saturated carbocycles. The Balaban J connectivity index is 0.000000343. The molecule has 2 aliphatic heterocycles. The van der Waals surface area contributed by atoms with Crippen molar-refractivity contribution in [3.05, 3.63) is 89.2 Å². The zero-order valence-electron chi connectivity index (χ0n) is 23.8. The summed E-state index contributed by atoms with van der Waals surface area (Å²) in [6.45, 7) is 7.94. The van der Waals surface area contributed by atoms with Crippen molar-refractivity contribution in [1.29, 1.82) is 0 Å². The number of aromatic hydroxyl groups is 1. The van der Waals surface area contributed by atoms with Crippen LogP contribution in [0.5, 0.6) is 17.2 Å². The number of esters is 1. The van der Waals surface area contributed by atoms with Crippen molar-refractivity contribution in [2.24, 2.45) is 0 Å². The molecule has 222 valence electrons. The lowest BCUT2D eigenvalue weighted by Crippen LogP contribution is -2.21. The summed E-state index contributed by atoms with van der Waals surface area (Å²) in [5.74, 6) is 0.691. The molecule has 0 spiro atoms. The highest BCUT2D eigenvalue weighted by Crippen LogP contribution is 2.37. The number of fused-ring (bicyclic) bond motifs is 1. The molecule has 1 N–H and O–H groups in total. The molecule has 1 aromatic heterocycles. The van der Waals surface area contributed by atoms with Gasteiger partial charge < -0.3 is 37.9 Å². The smallest absolute Gasteiger partial charge is 0.344 e. The summed E-state index contributed by atoms with van der Waals surface area (Å²) in [6, 6.07) is 10.1. The lowest BCUT2D eigenvalue weighted by molar-refractivity contribution is -0.146. The number of cyclic esters (lactones) is 1. The van der Waals surface area contributed by atoms with E-state index in [2.05, 4.69) is 6.58 Å². The van der Waals surface area contributed by atoms with Crippen LogP contribution < -0.4 is 14.9 Å². The average molecular weight is 579 g/mol. The zero-order valence-corrected chi connectivity index (χ0v) is 23.8. The number of methoxy groups -OCH3 is 1. The monoisotopic (exact) mass is 578 g/mol. The van der Waals surface area contributed by atoms with Crippen molar-refractivity contribution in [3.8, 4) is 28.6 Å². The van der Waals surface area contributed by atoms with Crippen LogP contribution in [0.4, 0.5) is 0 Å². The summed E-state index contributed by atoms with van der Waals surface area (Å²) in [4.78, 5) is 23.5. The van der Waals surface area contributed by atoms with E-state index in [1.165, 1.54) is 12.3 Å². The molecule has 0 bridgehead atoms. The van der Waals surface area contributed by atoms with E-state index in [-0.39, 0.29) is 41.3 Å². The molecule has 2 aromatic carbocycles. The maximum Gasteiger partial charge on any atom is 0.344 e. The molecule has 0 amide bonds. The van der Waals surface area contributed by atoms with E-state index in [4.69, 9.17) is 32.8 Å². The van der Waals surface area contributed by atoms with E-state index in [0.717, 1.165) is 12.8 Å². The maximum absolute atomic E-state index is 12.9. The lowest BCUT2D eigenvalue weighted by atomic mass is 10.0. The van der Waals surface area contributed by atoms with Gasteiger partial charge in [0.25, 0.3) is 0 Å². The van der Waals surface area contributed by atoms with Crippen LogP contribution in [0.15, 0.2) is 82.6 Å². The topological polar surface area (TPSA) is 123 Å². The average Bonchev–Trinajstić information content (AvgIpc) is 3.38. The summed E-state index contributed by atoms with van der Waals surface area (Å²) in [7, 11) is 1.58. The third-order valence-corrected chi connectivity index (χ3v) is 6.17. The summed E-state index contributed by atoms with van der Waals surface area (Å²) >= 11 is 0. The Morgan fingerprint density at radius 1 is 1.14 bits per heavy atom. The number of ether oxygens (including phenoxy) is 6. The molecule has 10 heteroatoms. The molecule has 3 heterocycles. The Labute approximate surface area is 243 Å². The summed E-state index contributed by atoms with van der Waals surface area (Å²) in [5.41, 5.74) is 0.992. The van der Waals surface area contributed by atoms with Crippen LogP contribution in [-0.2, 0) is 30.2 Å². The minimum absolute atomic E-state index is 0.0382. The predicted molar refractivity (Wildman–Crippen MR) is 155 cm³/mol. The van der Waals surface area contributed by atoms with E-state index < -0.39 is 5.79 Å². The van der Waals surface area contributed by atoms with Gasteiger partial charge in [0.1, 0.15) is 46.8 Å². The van der Waals surface area contributed by atoms with Crippen LogP contribution in [-0.4, -0.2) is 43.8 Å². The molecule has 10 nitrogen and oxygen atoms in total. The van der Waals surface area contributed by atoms with Crippen LogP contribution in [0.2, 0.25) is 0 Å². The van der Waals surface area contributed by atoms with Gasteiger partial charge in [-0.3, -0.25) is 4.79 Å². The lowest BCUT2D eigenvalue weighted by Gasteiger charge is -2.19. The first-order chi connectivity index (χ1) is 20.2. The molecular weight excluding hydrogens is 544 g/mol. The van der Waals surface area contributed by atoms with E-state index in [0.29, 0.717) is 47.2 Å². The van der Waals surface area contributed by atoms with Crippen molar-refractivity contribution in [2.75, 3.05) is 26.9 Å². The zero-order chi connectivity index (χ0) is 30.1. The third-order valence-electron chi connectivity index (χ3n) is 6.17. The fraction of sp³-hybridized carbons (Fsp3) is 0.312. The first-order valence-corrected chi connectivity index (χ1v) is 13.4. The summed E-state index contributed by atoms with van der Waals surface area (Å²) < 4.78 is 37.7. The van der Waals surface area contributed by atoms with Crippen molar-refractivity contribution in [2.45, 2.75) is 38.9 Å². The van der Waals surface area contributed by atoms with Gasteiger partial charge >= 0.3 is 5.97 Å². The Morgan fingerprint density at radius 3 is 2.62 bits per heavy atom. The van der Waals surface area contributed by atoms with Crippen molar-refractivity contribution in [3.63, 3.8) is 0 Å². The number of benzene rings is 2. The van der Waals surface area contributed by atoms with Crippen LogP contribution in [0.3, 0.4) is 0 Å². The minimum atomic E-state index is -0.756. The van der Waals surface area contributed by atoms with Gasteiger partial charge in [-0.25, -0.2) is 4.79 Å². The molecule has 3 aromatic rings. The third kappa shape index (κ3) is 7.66. The Hall–Kier alpha value is -4.86. The van der Waals surface area contributed by atoms with E-state index in [9.17, 15) is 14.7 Å². The second kappa shape index (κ2) is 13.7.